The van der Waals surface area contributed by atoms with Crippen LogP contribution < -0.4 is 29.7 Å². The van der Waals surface area contributed by atoms with Crippen molar-refractivity contribution in [3.05, 3.63) is 110 Å². The van der Waals surface area contributed by atoms with Crippen molar-refractivity contribution in [2.24, 2.45) is 5.10 Å². The number of amides is 2. The zero-order chi connectivity index (χ0) is 30.9. The number of ether oxygens (including phenoxy) is 4. The van der Waals surface area contributed by atoms with Crippen LogP contribution in [0.4, 0.5) is 5.69 Å². The molecule has 0 aliphatic carbocycles. The van der Waals surface area contributed by atoms with Gasteiger partial charge in [-0.15, -0.1) is 0 Å². The summed E-state index contributed by atoms with van der Waals surface area (Å²) >= 11 is 6.83. The number of anilines is 1. The van der Waals surface area contributed by atoms with E-state index in [1.807, 2.05) is 6.07 Å². The number of halogens is 2. The molecule has 12 heteroatoms. The van der Waals surface area contributed by atoms with Crippen molar-refractivity contribution in [3.63, 3.8) is 0 Å². The number of hydrogen-bond donors (Lipinski definition) is 2. The predicted octanol–water partition coefficient (Wildman–Crippen LogP) is 6.47. The van der Waals surface area contributed by atoms with Gasteiger partial charge >= 0.3 is 5.97 Å². The first-order chi connectivity index (χ1) is 20.7. The minimum atomic E-state index is -0.699. The van der Waals surface area contributed by atoms with E-state index in [0.29, 0.717) is 31.5 Å². The molecule has 2 amide bonds. The maximum atomic E-state index is 13.2. The van der Waals surface area contributed by atoms with Gasteiger partial charge in [0.2, 0.25) is 5.75 Å². The molecule has 0 saturated carbocycles. The van der Waals surface area contributed by atoms with Gasteiger partial charge in [-0.2, -0.15) is 5.10 Å². The summed E-state index contributed by atoms with van der Waals surface area (Å²) in [4.78, 5) is 38.5. The Bertz CT molecular complexity index is 1670. The number of carbonyl (C=O) groups excluding carboxylic acids is 3. The number of benzene rings is 4. The summed E-state index contributed by atoms with van der Waals surface area (Å²) in [6, 6.07) is 21.5. The molecule has 2 N–H and O–H groups in total. The molecular weight excluding hydrogens is 686 g/mol. The van der Waals surface area contributed by atoms with Crippen molar-refractivity contribution < 1.29 is 33.3 Å². The van der Waals surface area contributed by atoms with Crippen molar-refractivity contribution in [1.29, 1.82) is 0 Å². The van der Waals surface area contributed by atoms with E-state index in [2.05, 4.69) is 47.7 Å². The second kappa shape index (κ2) is 14.5. The van der Waals surface area contributed by atoms with Crippen LogP contribution in [0.3, 0.4) is 0 Å². The van der Waals surface area contributed by atoms with Gasteiger partial charge in [0.15, 0.2) is 17.2 Å². The molecule has 220 valence electrons. The first kappa shape index (κ1) is 31.3. The molecule has 0 heterocycles. The molecule has 4 aromatic carbocycles. The summed E-state index contributed by atoms with van der Waals surface area (Å²) in [5, 5.41) is 6.82. The lowest BCUT2D eigenvalue weighted by Crippen LogP contribution is -2.18. The van der Waals surface area contributed by atoms with E-state index in [0.717, 1.165) is 0 Å². The van der Waals surface area contributed by atoms with Crippen LogP contribution in [0, 0.1) is 0 Å². The lowest BCUT2D eigenvalue weighted by Gasteiger charge is -2.15. The van der Waals surface area contributed by atoms with Gasteiger partial charge in [0.1, 0.15) is 0 Å². The van der Waals surface area contributed by atoms with Crippen molar-refractivity contribution in [2.75, 3.05) is 26.6 Å². The molecule has 0 aromatic heterocycles. The van der Waals surface area contributed by atoms with Gasteiger partial charge in [0.05, 0.1) is 37.6 Å². The maximum Gasteiger partial charge on any atom is 0.343 e. The number of rotatable bonds is 10. The number of carbonyl (C=O) groups is 3. The summed E-state index contributed by atoms with van der Waals surface area (Å²) in [5.41, 5.74) is 4.19. The lowest BCUT2D eigenvalue weighted by molar-refractivity contribution is 0.0731. The molecule has 0 radical (unpaired) electrons. The zero-order valence-electron chi connectivity index (χ0n) is 23.1. The monoisotopic (exact) mass is 709 g/mol. The van der Waals surface area contributed by atoms with Gasteiger partial charge in [-0.25, -0.2) is 10.2 Å². The average molecular weight is 711 g/mol. The van der Waals surface area contributed by atoms with E-state index in [-0.39, 0.29) is 34.3 Å². The van der Waals surface area contributed by atoms with E-state index < -0.39 is 11.9 Å². The first-order valence-corrected chi connectivity index (χ1v) is 14.1. The Morgan fingerprint density at radius 2 is 1.40 bits per heavy atom. The highest BCUT2D eigenvalue weighted by Crippen LogP contribution is 2.39. The van der Waals surface area contributed by atoms with Crippen LogP contribution in [0.15, 0.2) is 92.9 Å². The van der Waals surface area contributed by atoms with Crippen LogP contribution in [0.2, 0.25) is 0 Å². The fourth-order valence-electron chi connectivity index (χ4n) is 3.89. The summed E-state index contributed by atoms with van der Waals surface area (Å²) in [6.07, 6.45) is 1.34. The Labute approximate surface area is 264 Å². The lowest BCUT2D eigenvalue weighted by atomic mass is 10.1. The van der Waals surface area contributed by atoms with Crippen molar-refractivity contribution in [1.82, 2.24) is 5.43 Å². The number of nitrogens with zero attached hydrogens (tertiary/aromatic N) is 1. The molecule has 0 fully saturated rings. The topological polar surface area (TPSA) is 125 Å². The number of methoxy groups -OCH3 is 3. The first-order valence-electron chi connectivity index (χ1n) is 12.5. The quantitative estimate of drug-likeness (QED) is 0.0837. The van der Waals surface area contributed by atoms with Crippen LogP contribution in [0.25, 0.3) is 0 Å². The molecule has 0 aliphatic heterocycles. The molecule has 0 atom stereocenters. The standard InChI is InChI=1S/C31H25Br2N3O7/c1-40-25-14-20(15-26(41-2)28(25)42-3)31(39)43-27-21(12-22(32)16-24(27)33)17-34-36-30(38)19-10-7-11-23(13-19)35-29(37)18-8-5-4-6-9-18/h4-17H,1-3H3,(H,35,37)(H,36,38). The molecule has 43 heavy (non-hydrogen) atoms. The number of esters is 1. The van der Waals surface area contributed by atoms with E-state index >= 15 is 0 Å². The van der Waals surface area contributed by atoms with Gasteiger partial charge < -0.3 is 24.3 Å². The van der Waals surface area contributed by atoms with Gasteiger partial charge in [-0.05, 0) is 70.5 Å². The van der Waals surface area contributed by atoms with Crippen LogP contribution in [0.1, 0.15) is 36.6 Å². The molecule has 10 nitrogen and oxygen atoms in total. The third-order valence-electron chi connectivity index (χ3n) is 5.92. The normalized spacial score (nSPS) is 10.6. The van der Waals surface area contributed by atoms with E-state index in [9.17, 15) is 14.4 Å². The Hall–Kier alpha value is -4.68. The van der Waals surface area contributed by atoms with Crippen LogP contribution in [0.5, 0.6) is 23.0 Å². The highest BCUT2D eigenvalue weighted by molar-refractivity contribution is 9.11. The Morgan fingerprint density at radius 1 is 0.721 bits per heavy atom. The summed E-state index contributed by atoms with van der Waals surface area (Å²) < 4.78 is 22.8. The molecule has 0 spiro atoms. The predicted molar refractivity (Wildman–Crippen MR) is 169 cm³/mol. The van der Waals surface area contributed by atoms with E-state index in [1.54, 1.807) is 54.6 Å². The zero-order valence-corrected chi connectivity index (χ0v) is 26.3. The average Bonchev–Trinajstić information content (AvgIpc) is 3.02. The van der Waals surface area contributed by atoms with E-state index in [1.165, 1.54) is 45.7 Å². The maximum absolute atomic E-state index is 13.2. The van der Waals surface area contributed by atoms with Crippen molar-refractivity contribution in [2.45, 2.75) is 0 Å². The molecule has 0 saturated heterocycles. The Kier molecular flexibility index (Phi) is 10.5. The largest absolute Gasteiger partial charge is 0.493 e. The molecular formula is C31H25Br2N3O7. The second-order valence-electron chi connectivity index (χ2n) is 8.71. The summed E-state index contributed by atoms with van der Waals surface area (Å²) in [5.74, 6) is -0.448. The number of hydrazone groups is 1. The summed E-state index contributed by atoms with van der Waals surface area (Å²) in [6.45, 7) is 0. The highest BCUT2D eigenvalue weighted by atomic mass is 79.9. The fraction of sp³-hybridized carbons (Fsp3) is 0.0968. The smallest absolute Gasteiger partial charge is 0.343 e. The Balaban J connectivity index is 1.50. The SMILES string of the molecule is COc1cc(C(=O)Oc2c(Br)cc(Br)cc2C=NNC(=O)c2cccc(NC(=O)c3ccccc3)c2)cc(OC)c1OC. The number of hydrogen-bond acceptors (Lipinski definition) is 8. The minimum Gasteiger partial charge on any atom is -0.493 e. The second-order valence-corrected chi connectivity index (χ2v) is 10.5. The third-order valence-corrected chi connectivity index (χ3v) is 6.97. The Morgan fingerprint density at radius 3 is 2.05 bits per heavy atom. The van der Waals surface area contributed by atoms with Gasteiger partial charge in [0.25, 0.3) is 11.8 Å². The molecule has 0 aliphatic rings. The summed E-state index contributed by atoms with van der Waals surface area (Å²) in [7, 11) is 4.34. The van der Waals surface area contributed by atoms with Crippen LogP contribution in [-0.2, 0) is 0 Å². The fourth-order valence-corrected chi connectivity index (χ4v) is 5.23. The van der Waals surface area contributed by atoms with Gasteiger partial charge in [-0.1, -0.05) is 40.2 Å². The highest BCUT2D eigenvalue weighted by Gasteiger charge is 2.21. The number of nitrogens with one attached hydrogen (secondary N) is 2. The molecule has 0 bridgehead atoms. The van der Waals surface area contributed by atoms with Crippen LogP contribution >= 0.6 is 31.9 Å². The van der Waals surface area contributed by atoms with Crippen molar-refractivity contribution >= 4 is 61.5 Å². The third kappa shape index (κ3) is 7.79. The molecule has 0 unspecified atom stereocenters. The molecule has 4 aromatic rings. The van der Waals surface area contributed by atoms with Gasteiger partial charge in [-0.3, -0.25) is 9.59 Å². The minimum absolute atomic E-state index is 0.153. The van der Waals surface area contributed by atoms with Crippen LogP contribution in [-0.4, -0.2) is 45.3 Å². The van der Waals surface area contributed by atoms with E-state index in [4.69, 9.17) is 18.9 Å². The molecule has 4 rings (SSSR count). The van der Waals surface area contributed by atoms with Gasteiger partial charge in [0, 0.05) is 26.9 Å². The van der Waals surface area contributed by atoms with Crippen molar-refractivity contribution in [3.8, 4) is 23.0 Å².